The minimum Gasteiger partial charge on any atom is -0.496 e. The van der Waals surface area contributed by atoms with Gasteiger partial charge in [0, 0.05) is 0 Å². The van der Waals surface area contributed by atoms with E-state index in [-0.39, 0.29) is 0 Å². The van der Waals surface area contributed by atoms with Crippen molar-refractivity contribution in [2.45, 2.75) is 20.3 Å². The number of aldehydes is 1. The normalized spacial score (nSPS) is 10.6. The summed E-state index contributed by atoms with van der Waals surface area (Å²) in [6.45, 7) is 4.43. The SMILES string of the molecule is COc1ccc(-c2cccc(CC(C)C)c2)cc1C=O. The third-order valence-electron chi connectivity index (χ3n) is 3.26. The van der Waals surface area contributed by atoms with Crippen molar-refractivity contribution >= 4 is 6.29 Å². The predicted octanol–water partition coefficient (Wildman–Crippen LogP) is 4.37. The molecule has 0 spiro atoms. The summed E-state index contributed by atoms with van der Waals surface area (Å²) in [5, 5.41) is 0. The number of hydrogen-bond donors (Lipinski definition) is 0. The molecule has 0 atom stereocenters. The van der Waals surface area contributed by atoms with Crippen molar-refractivity contribution in [1.29, 1.82) is 0 Å². The van der Waals surface area contributed by atoms with Crippen LogP contribution >= 0.6 is 0 Å². The van der Waals surface area contributed by atoms with Crippen molar-refractivity contribution in [2.24, 2.45) is 5.92 Å². The lowest BCUT2D eigenvalue weighted by molar-refractivity contribution is 0.112. The predicted molar refractivity (Wildman–Crippen MR) is 82.4 cm³/mol. The number of benzene rings is 2. The highest BCUT2D eigenvalue weighted by atomic mass is 16.5. The summed E-state index contributed by atoms with van der Waals surface area (Å²) in [6.07, 6.45) is 1.89. The van der Waals surface area contributed by atoms with E-state index < -0.39 is 0 Å². The molecule has 0 aliphatic rings. The molecule has 2 aromatic rings. The average molecular weight is 268 g/mol. The minimum absolute atomic E-state index is 0.583. The second-order valence-corrected chi connectivity index (χ2v) is 5.37. The second kappa shape index (κ2) is 6.38. The third-order valence-corrected chi connectivity index (χ3v) is 3.26. The van der Waals surface area contributed by atoms with Crippen LogP contribution in [0.3, 0.4) is 0 Å². The topological polar surface area (TPSA) is 26.3 Å². The zero-order valence-corrected chi connectivity index (χ0v) is 12.2. The smallest absolute Gasteiger partial charge is 0.153 e. The first kappa shape index (κ1) is 14.3. The van der Waals surface area contributed by atoms with Crippen LogP contribution in [0.5, 0.6) is 5.75 Å². The van der Waals surface area contributed by atoms with Crippen molar-refractivity contribution in [3.63, 3.8) is 0 Å². The summed E-state index contributed by atoms with van der Waals surface area (Å²) < 4.78 is 5.17. The molecule has 0 heterocycles. The molecule has 2 nitrogen and oxygen atoms in total. The van der Waals surface area contributed by atoms with Gasteiger partial charge in [0.25, 0.3) is 0 Å². The summed E-state index contributed by atoms with van der Waals surface area (Å²) in [5.41, 5.74) is 4.08. The highest BCUT2D eigenvalue weighted by Crippen LogP contribution is 2.26. The van der Waals surface area contributed by atoms with Gasteiger partial charge < -0.3 is 4.74 Å². The molecule has 0 N–H and O–H groups in total. The first-order valence-corrected chi connectivity index (χ1v) is 6.86. The minimum atomic E-state index is 0.583. The fourth-order valence-electron chi connectivity index (χ4n) is 2.36. The first-order chi connectivity index (χ1) is 9.63. The quantitative estimate of drug-likeness (QED) is 0.752. The van der Waals surface area contributed by atoms with E-state index in [0.29, 0.717) is 17.2 Å². The maximum atomic E-state index is 11.1. The Hall–Kier alpha value is -2.09. The Bertz CT molecular complexity index is 600. The number of hydrogen-bond acceptors (Lipinski definition) is 2. The zero-order valence-electron chi connectivity index (χ0n) is 12.2. The Kier molecular flexibility index (Phi) is 4.57. The lowest BCUT2D eigenvalue weighted by Crippen LogP contribution is -1.94. The van der Waals surface area contributed by atoms with Crippen LogP contribution in [0.25, 0.3) is 11.1 Å². The van der Waals surface area contributed by atoms with E-state index in [2.05, 4.69) is 38.1 Å². The van der Waals surface area contributed by atoms with Crippen molar-refractivity contribution in [1.82, 2.24) is 0 Å². The Balaban J connectivity index is 2.38. The van der Waals surface area contributed by atoms with Gasteiger partial charge in [0.2, 0.25) is 0 Å². The summed E-state index contributed by atoms with van der Waals surface area (Å²) in [7, 11) is 1.57. The molecule has 0 amide bonds. The fraction of sp³-hybridized carbons (Fsp3) is 0.278. The van der Waals surface area contributed by atoms with Crippen molar-refractivity contribution in [2.75, 3.05) is 7.11 Å². The Labute approximate surface area is 120 Å². The van der Waals surface area contributed by atoms with E-state index in [1.54, 1.807) is 7.11 Å². The van der Waals surface area contributed by atoms with Gasteiger partial charge in [0.1, 0.15) is 5.75 Å². The number of methoxy groups -OCH3 is 1. The first-order valence-electron chi connectivity index (χ1n) is 6.86. The summed E-state index contributed by atoms with van der Waals surface area (Å²) in [5.74, 6) is 1.24. The van der Waals surface area contributed by atoms with Gasteiger partial charge in [-0.2, -0.15) is 0 Å². The highest BCUT2D eigenvalue weighted by molar-refractivity contribution is 5.83. The van der Waals surface area contributed by atoms with Crippen LogP contribution in [0.15, 0.2) is 42.5 Å². The Morgan fingerprint density at radius 1 is 1.10 bits per heavy atom. The van der Waals surface area contributed by atoms with Crippen LogP contribution in [0, 0.1) is 5.92 Å². The van der Waals surface area contributed by atoms with Gasteiger partial charge >= 0.3 is 0 Å². The van der Waals surface area contributed by atoms with Crippen LogP contribution in [-0.2, 0) is 6.42 Å². The Morgan fingerprint density at radius 2 is 1.85 bits per heavy atom. The number of carbonyl (C=O) groups excluding carboxylic acids is 1. The number of carbonyl (C=O) groups is 1. The van der Waals surface area contributed by atoms with Crippen LogP contribution < -0.4 is 4.74 Å². The van der Waals surface area contributed by atoms with Gasteiger partial charge in [-0.3, -0.25) is 4.79 Å². The van der Waals surface area contributed by atoms with E-state index in [0.717, 1.165) is 23.8 Å². The monoisotopic (exact) mass is 268 g/mol. The van der Waals surface area contributed by atoms with E-state index in [1.165, 1.54) is 5.56 Å². The molecule has 0 saturated heterocycles. The largest absolute Gasteiger partial charge is 0.496 e. The molecule has 0 aliphatic heterocycles. The number of rotatable bonds is 5. The van der Waals surface area contributed by atoms with Gasteiger partial charge in [-0.15, -0.1) is 0 Å². The molecule has 2 heteroatoms. The molecule has 0 aliphatic carbocycles. The van der Waals surface area contributed by atoms with Crippen molar-refractivity contribution in [3.8, 4) is 16.9 Å². The van der Waals surface area contributed by atoms with E-state index in [1.807, 2.05) is 18.2 Å². The lowest BCUT2D eigenvalue weighted by Gasteiger charge is -2.10. The molecule has 0 bridgehead atoms. The summed E-state index contributed by atoms with van der Waals surface area (Å²) >= 11 is 0. The molecule has 0 fully saturated rings. The van der Waals surface area contributed by atoms with E-state index in [9.17, 15) is 4.79 Å². The average Bonchev–Trinajstić information content (AvgIpc) is 2.46. The maximum absolute atomic E-state index is 11.1. The number of ether oxygens (including phenoxy) is 1. The molecular weight excluding hydrogens is 248 g/mol. The molecule has 0 aromatic heterocycles. The van der Waals surface area contributed by atoms with E-state index in [4.69, 9.17) is 4.74 Å². The van der Waals surface area contributed by atoms with Crippen molar-refractivity contribution < 1.29 is 9.53 Å². The Morgan fingerprint density at radius 3 is 2.50 bits per heavy atom. The standard InChI is InChI=1S/C18H20O2/c1-13(2)9-14-5-4-6-15(10-14)16-7-8-18(20-3)17(11-16)12-19/h4-8,10-13H,9H2,1-3H3. The molecule has 2 aromatic carbocycles. The van der Waals surface area contributed by atoms with Crippen LogP contribution in [0.2, 0.25) is 0 Å². The van der Waals surface area contributed by atoms with Gasteiger partial charge in [0.15, 0.2) is 6.29 Å². The summed E-state index contributed by atoms with van der Waals surface area (Å²) in [6, 6.07) is 14.2. The fourth-order valence-corrected chi connectivity index (χ4v) is 2.36. The van der Waals surface area contributed by atoms with Gasteiger partial charge in [-0.25, -0.2) is 0 Å². The lowest BCUT2D eigenvalue weighted by atomic mass is 9.97. The molecule has 0 unspecified atom stereocenters. The van der Waals surface area contributed by atoms with Crippen LogP contribution in [0.1, 0.15) is 29.8 Å². The van der Waals surface area contributed by atoms with E-state index >= 15 is 0 Å². The van der Waals surface area contributed by atoms with Gasteiger partial charge in [0.05, 0.1) is 12.7 Å². The molecular formula is C18H20O2. The molecule has 0 saturated carbocycles. The molecule has 0 radical (unpaired) electrons. The zero-order chi connectivity index (χ0) is 14.5. The van der Waals surface area contributed by atoms with Crippen molar-refractivity contribution in [3.05, 3.63) is 53.6 Å². The molecule has 2 rings (SSSR count). The van der Waals surface area contributed by atoms with Crippen LogP contribution in [0.4, 0.5) is 0 Å². The molecule has 104 valence electrons. The third kappa shape index (κ3) is 3.27. The maximum Gasteiger partial charge on any atom is 0.153 e. The van der Waals surface area contributed by atoms with Crippen LogP contribution in [-0.4, -0.2) is 13.4 Å². The van der Waals surface area contributed by atoms with Gasteiger partial charge in [-0.1, -0.05) is 44.2 Å². The second-order valence-electron chi connectivity index (χ2n) is 5.37. The highest BCUT2D eigenvalue weighted by Gasteiger charge is 2.06. The summed E-state index contributed by atoms with van der Waals surface area (Å²) in [4.78, 5) is 11.1. The van der Waals surface area contributed by atoms with Gasteiger partial charge in [-0.05, 0) is 41.2 Å². The molecule has 20 heavy (non-hydrogen) atoms.